The fourth-order valence-corrected chi connectivity index (χ4v) is 2.82. The van der Waals surface area contributed by atoms with Crippen molar-refractivity contribution in [3.63, 3.8) is 0 Å². The van der Waals surface area contributed by atoms with E-state index in [2.05, 4.69) is 10.6 Å². The molecule has 2 amide bonds. The van der Waals surface area contributed by atoms with Crippen molar-refractivity contribution >= 4 is 18.0 Å². The van der Waals surface area contributed by atoms with Crippen LogP contribution in [0, 0.1) is 0 Å². The summed E-state index contributed by atoms with van der Waals surface area (Å²) in [7, 11) is 0. The average Bonchev–Trinajstić information content (AvgIpc) is 3.26. The molecule has 1 unspecified atom stereocenters. The van der Waals surface area contributed by atoms with E-state index in [0.717, 1.165) is 0 Å². The average molecular weight is 400 g/mol. The number of ether oxygens (including phenoxy) is 2. The van der Waals surface area contributed by atoms with Gasteiger partial charge in [0.25, 0.3) is 0 Å². The normalized spacial score (nSPS) is 16.1. The molecule has 9 nitrogen and oxygen atoms in total. The molecule has 1 aliphatic rings. The fraction of sp³-hybridized carbons (Fsp3) is 0.250. The van der Waals surface area contributed by atoms with E-state index in [-0.39, 0.29) is 36.7 Å². The maximum absolute atomic E-state index is 12.5. The number of carbonyl (C=O) groups is 3. The zero-order valence-corrected chi connectivity index (χ0v) is 15.6. The van der Waals surface area contributed by atoms with E-state index in [1.165, 1.54) is 18.4 Å². The number of urea groups is 1. The van der Waals surface area contributed by atoms with Crippen molar-refractivity contribution in [1.82, 2.24) is 10.6 Å². The minimum absolute atomic E-state index is 0.0878. The minimum atomic E-state index is -0.879. The number of aliphatic hydroxyl groups is 1. The molecule has 152 valence electrons. The van der Waals surface area contributed by atoms with Crippen LogP contribution in [0.15, 0.2) is 58.3 Å². The molecule has 3 rings (SSSR count). The van der Waals surface area contributed by atoms with Crippen LogP contribution in [0.2, 0.25) is 0 Å². The molecule has 0 bridgehead atoms. The highest BCUT2D eigenvalue weighted by Gasteiger charge is 2.35. The number of hydrogen-bond acceptors (Lipinski definition) is 7. The first-order valence-electron chi connectivity index (χ1n) is 8.91. The Labute approximate surface area is 166 Å². The van der Waals surface area contributed by atoms with Gasteiger partial charge in [-0.1, -0.05) is 12.1 Å². The van der Waals surface area contributed by atoms with Gasteiger partial charge in [-0.15, -0.1) is 0 Å². The topological polar surface area (TPSA) is 127 Å². The molecule has 0 fully saturated rings. The number of nitrogens with one attached hydrogen (secondary N) is 2. The van der Waals surface area contributed by atoms with Gasteiger partial charge in [-0.25, -0.2) is 14.4 Å². The van der Waals surface area contributed by atoms with Crippen molar-refractivity contribution in [3.05, 3.63) is 70.8 Å². The predicted molar refractivity (Wildman–Crippen MR) is 99.4 cm³/mol. The molecule has 0 spiro atoms. The molecule has 0 saturated heterocycles. The summed E-state index contributed by atoms with van der Waals surface area (Å²) in [5.74, 6) is -0.974. The lowest BCUT2D eigenvalue weighted by Gasteiger charge is -2.27. The van der Waals surface area contributed by atoms with E-state index in [0.29, 0.717) is 11.3 Å². The summed E-state index contributed by atoms with van der Waals surface area (Å²) >= 11 is 0. The quantitative estimate of drug-likeness (QED) is 0.605. The van der Waals surface area contributed by atoms with Crippen molar-refractivity contribution < 1.29 is 33.4 Å². The summed E-state index contributed by atoms with van der Waals surface area (Å²) in [5, 5.41) is 14.2. The van der Waals surface area contributed by atoms with Crippen molar-refractivity contribution in [3.8, 4) is 0 Å². The Balaban J connectivity index is 1.85. The van der Waals surface area contributed by atoms with Crippen LogP contribution in [-0.2, 0) is 20.9 Å². The second-order valence-electron chi connectivity index (χ2n) is 6.09. The molecule has 1 aromatic heterocycles. The second-order valence-corrected chi connectivity index (χ2v) is 6.09. The molecule has 1 atom stereocenters. The van der Waals surface area contributed by atoms with Gasteiger partial charge in [-0.2, -0.15) is 0 Å². The van der Waals surface area contributed by atoms with E-state index in [4.69, 9.17) is 19.0 Å². The number of furan rings is 1. The summed E-state index contributed by atoms with van der Waals surface area (Å²) in [5.41, 5.74) is 1.11. The van der Waals surface area contributed by atoms with Crippen LogP contribution in [0.3, 0.4) is 0 Å². The summed E-state index contributed by atoms with van der Waals surface area (Å²) < 4.78 is 15.7. The second kappa shape index (κ2) is 9.07. The summed E-state index contributed by atoms with van der Waals surface area (Å²) in [4.78, 5) is 36.9. The monoisotopic (exact) mass is 400 g/mol. The van der Waals surface area contributed by atoms with E-state index >= 15 is 0 Å². The lowest BCUT2D eigenvalue weighted by molar-refractivity contribution is -0.139. The lowest BCUT2D eigenvalue weighted by Crippen LogP contribution is -2.47. The van der Waals surface area contributed by atoms with E-state index < -0.39 is 24.0 Å². The maximum Gasteiger partial charge on any atom is 0.338 e. The Morgan fingerprint density at radius 1 is 1.14 bits per heavy atom. The van der Waals surface area contributed by atoms with Gasteiger partial charge in [0.05, 0.1) is 36.3 Å². The van der Waals surface area contributed by atoms with Crippen LogP contribution in [0.25, 0.3) is 0 Å². The number of rotatable bonds is 7. The number of aliphatic hydroxyl groups excluding tert-OH is 1. The molecule has 9 heteroatoms. The van der Waals surface area contributed by atoms with Gasteiger partial charge in [0.15, 0.2) is 0 Å². The third-order valence-electron chi connectivity index (χ3n) is 4.20. The number of hydrogen-bond donors (Lipinski definition) is 3. The molecule has 3 N–H and O–H groups in total. The Kier molecular flexibility index (Phi) is 6.30. The number of amides is 2. The Morgan fingerprint density at radius 3 is 2.52 bits per heavy atom. The molecular formula is C20H20N2O7. The van der Waals surface area contributed by atoms with E-state index in [1.807, 2.05) is 0 Å². The third-order valence-corrected chi connectivity index (χ3v) is 4.20. The van der Waals surface area contributed by atoms with Crippen LogP contribution in [0.4, 0.5) is 4.79 Å². The largest absolute Gasteiger partial charge is 0.467 e. The van der Waals surface area contributed by atoms with Crippen LogP contribution in [-0.4, -0.2) is 36.3 Å². The Hall–Kier alpha value is -3.59. The number of esters is 2. The molecule has 0 saturated carbocycles. The zero-order valence-electron chi connectivity index (χ0n) is 15.6. The highest BCUT2D eigenvalue weighted by atomic mass is 16.5. The van der Waals surface area contributed by atoms with Crippen LogP contribution < -0.4 is 10.6 Å². The highest BCUT2D eigenvalue weighted by Crippen LogP contribution is 2.28. The number of benzene rings is 1. The predicted octanol–water partition coefficient (Wildman–Crippen LogP) is 1.80. The molecule has 1 aliphatic heterocycles. The van der Waals surface area contributed by atoms with Crippen molar-refractivity contribution in [2.75, 3.05) is 13.2 Å². The Bertz CT molecular complexity index is 917. The molecule has 1 aromatic carbocycles. The summed E-state index contributed by atoms with van der Waals surface area (Å²) in [6, 6.07) is 8.01. The van der Waals surface area contributed by atoms with Gasteiger partial charge in [-0.05, 0) is 36.8 Å². The molecule has 29 heavy (non-hydrogen) atoms. The van der Waals surface area contributed by atoms with Gasteiger partial charge >= 0.3 is 18.0 Å². The number of carbonyl (C=O) groups excluding carboxylic acids is 3. The van der Waals surface area contributed by atoms with Gasteiger partial charge in [0.1, 0.15) is 18.4 Å². The molecular weight excluding hydrogens is 380 g/mol. The van der Waals surface area contributed by atoms with Crippen LogP contribution in [0.1, 0.15) is 34.6 Å². The standard InChI is InChI=1S/C20H20N2O7/c1-2-27-19(25)16-14(21-20(26)22-17(16)15-4-3-9-28-15)11-29-18(24)13-7-5-12(10-23)6-8-13/h3-9,17,23H,2,10-11H2,1H3,(H2,21,22,26). The molecule has 0 radical (unpaired) electrons. The molecule has 2 heterocycles. The fourth-order valence-electron chi connectivity index (χ4n) is 2.82. The van der Waals surface area contributed by atoms with Gasteiger partial charge < -0.3 is 29.6 Å². The summed E-state index contributed by atoms with van der Waals surface area (Å²) in [6.45, 7) is 1.30. The van der Waals surface area contributed by atoms with E-state index in [1.54, 1.807) is 31.2 Å². The van der Waals surface area contributed by atoms with Gasteiger partial charge in [0.2, 0.25) is 0 Å². The van der Waals surface area contributed by atoms with Gasteiger partial charge in [-0.3, -0.25) is 0 Å². The van der Waals surface area contributed by atoms with Crippen molar-refractivity contribution in [1.29, 1.82) is 0 Å². The van der Waals surface area contributed by atoms with Crippen LogP contribution >= 0.6 is 0 Å². The first-order valence-corrected chi connectivity index (χ1v) is 8.91. The first kappa shape index (κ1) is 20.2. The highest BCUT2D eigenvalue weighted by molar-refractivity contribution is 5.95. The SMILES string of the molecule is CCOC(=O)C1=C(COC(=O)c2ccc(CO)cc2)NC(=O)NC1c1ccco1. The molecule has 2 aromatic rings. The third kappa shape index (κ3) is 4.64. The summed E-state index contributed by atoms with van der Waals surface area (Å²) in [6.07, 6.45) is 1.42. The maximum atomic E-state index is 12.5. The smallest absolute Gasteiger partial charge is 0.338 e. The minimum Gasteiger partial charge on any atom is -0.467 e. The van der Waals surface area contributed by atoms with Gasteiger partial charge in [0, 0.05) is 0 Å². The molecule has 0 aliphatic carbocycles. The van der Waals surface area contributed by atoms with E-state index in [9.17, 15) is 14.4 Å². The Morgan fingerprint density at radius 2 is 1.90 bits per heavy atom. The first-order chi connectivity index (χ1) is 14.0. The van der Waals surface area contributed by atoms with Crippen LogP contribution in [0.5, 0.6) is 0 Å². The zero-order chi connectivity index (χ0) is 20.8. The van der Waals surface area contributed by atoms with Crippen molar-refractivity contribution in [2.45, 2.75) is 19.6 Å². The van der Waals surface area contributed by atoms with Crippen molar-refractivity contribution in [2.24, 2.45) is 0 Å². The lowest BCUT2D eigenvalue weighted by atomic mass is 10.0.